The van der Waals surface area contributed by atoms with Crippen LogP contribution in [0.3, 0.4) is 0 Å². The van der Waals surface area contributed by atoms with Crippen LogP contribution in [-0.2, 0) is 9.47 Å². The molecule has 1 amide bonds. The van der Waals surface area contributed by atoms with Gasteiger partial charge in [0, 0.05) is 17.7 Å². The van der Waals surface area contributed by atoms with Crippen molar-refractivity contribution in [3.63, 3.8) is 0 Å². The van der Waals surface area contributed by atoms with E-state index in [4.69, 9.17) is 14.6 Å². The molecule has 0 aliphatic heterocycles. The molecular formula is C40H50F3N3O3. The lowest BCUT2D eigenvalue weighted by Crippen LogP contribution is -2.26. The summed E-state index contributed by atoms with van der Waals surface area (Å²) in [7, 11) is 1.61. The van der Waals surface area contributed by atoms with E-state index in [1.165, 1.54) is 6.08 Å². The highest BCUT2D eigenvalue weighted by atomic mass is 19.4. The zero-order valence-electron chi connectivity index (χ0n) is 29.6. The molecule has 264 valence electrons. The van der Waals surface area contributed by atoms with Crippen LogP contribution in [0.25, 0.3) is 0 Å². The SMILES string of the molecule is C=C1/C=C\C(CN(/N=C(C)/C(/C=C(\C=C/C)C(F)(F)F)=C(/C)OC2CCCC2)C(C)c2ccc(C(=O)NCC)cc2)=C/C/C=C\C(OC)=C/1. The van der Waals surface area contributed by atoms with Crippen molar-refractivity contribution in [1.29, 1.82) is 0 Å². The van der Waals surface area contributed by atoms with E-state index in [1.54, 1.807) is 40.0 Å². The Bertz CT molecular complexity index is 1550. The number of carbonyl (C=O) groups is 1. The summed E-state index contributed by atoms with van der Waals surface area (Å²) < 4.78 is 54.2. The Morgan fingerprint density at radius 2 is 1.84 bits per heavy atom. The molecule has 1 saturated carbocycles. The maximum atomic E-state index is 14.2. The molecule has 3 rings (SSSR count). The van der Waals surface area contributed by atoms with Crippen LogP contribution in [0.4, 0.5) is 13.2 Å². The van der Waals surface area contributed by atoms with E-state index in [-0.39, 0.29) is 23.6 Å². The summed E-state index contributed by atoms with van der Waals surface area (Å²) in [5.74, 6) is 0.930. The summed E-state index contributed by atoms with van der Waals surface area (Å²) in [5.41, 5.74) is 2.98. The van der Waals surface area contributed by atoms with Crippen LogP contribution in [0.15, 0.2) is 124 Å². The molecule has 0 aromatic heterocycles. The number of ether oxygens (including phenoxy) is 2. The van der Waals surface area contributed by atoms with Crippen molar-refractivity contribution in [2.75, 3.05) is 20.2 Å². The Hall–Kier alpha value is -4.53. The molecule has 0 saturated heterocycles. The van der Waals surface area contributed by atoms with E-state index < -0.39 is 11.7 Å². The van der Waals surface area contributed by atoms with E-state index in [0.717, 1.165) is 54.5 Å². The van der Waals surface area contributed by atoms with E-state index in [2.05, 4.69) is 18.0 Å². The molecule has 0 bridgehead atoms. The third-order valence-corrected chi connectivity index (χ3v) is 8.32. The fourth-order valence-corrected chi connectivity index (χ4v) is 5.59. The highest BCUT2D eigenvalue weighted by molar-refractivity contribution is 6.01. The zero-order valence-corrected chi connectivity index (χ0v) is 29.6. The van der Waals surface area contributed by atoms with Crippen molar-refractivity contribution in [3.05, 3.63) is 130 Å². The van der Waals surface area contributed by atoms with Crippen LogP contribution in [-0.4, -0.2) is 49.1 Å². The predicted molar refractivity (Wildman–Crippen MR) is 193 cm³/mol. The maximum absolute atomic E-state index is 14.2. The Morgan fingerprint density at radius 1 is 1.14 bits per heavy atom. The molecule has 0 heterocycles. The van der Waals surface area contributed by atoms with Crippen LogP contribution >= 0.6 is 0 Å². The van der Waals surface area contributed by atoms with Crippen LogP contribution in [0.1, 0.15) is 88.7 Å². The molecule has 1 fully saturated rings. The van der Waals surface area contributed by atoms with Crippen molar-refractivity contribution >= 4 is 11.6 Å². The van der Waals surface area contributed by atoms with Gasteiger partial charge < -0.3 is 14.8 Å². The predicted octanol–water partition coefficient (Wildman–Crippen LogP) is 10.0. The first-order valence-corrected chi connectivity index (χ1v) is 16.8. The lowest BCUT2D eigenvalue weighted by atomic mass is 10.0. The normalized spacial score (nSPS) is 21.2. The summed E-state index contributed by atoms with van der Waals surface area (Å²) in [6.07, 6.45) is 15.0. The average Bonchev–Trinajstić information content (AvgIpc) is 3.58. The number of hydrogen-bond acceptors (Lipinski definition) is 5. The van der Waals surface area contributed by atoms with Crippen molar-refractivity contribution in [3.8, 4) is 0 Å². The fourth-order valence-electron chi connectivity index (χ4n) is 5.59. The number of allylic oxidation sites excluding steroid dienone is 12. The number of hydrogen-bond donors (Lipinski definition) is 1. The number of benzene rings is 1. The second kappa shape index (κ2) is 18.9. The van der Waals surface area contributed by atoms with Crippen LogP contribution in [0.2, 0.25) is 0 Å². The van der Waals surface area contributed by atoms with Gasteiger partial charge in [-0.05, 0) is 114 Å². The highest BCUT2D eigenvalue weighted by Gasteiger charge is 2.32. The van der Waals surface area contributed by atoms with Crippen LogP contribution < -0.4 is 5.32 Å². The van der Waals surface area contributed by atoms with Crippen molar-refractivity contribution in [2.45, 2.75) is 85.0 Å². The summed E-state index contributed by atoms with van der Waals surface area (Å²) >= 11 is 0. The average molecular weight is 678 g/mol. The van der Waals surface area contributed by atoms with E-state index in [1.807, 2.05) is 61.4 Å². The second-order valence-corrected chi connectivity index (χ2v) is 12.1. The van der Waals surface area contributed by atoms with E-state index in [9.17, 15) is 18.0 Å². The van der Waals surface area contributed by atoms with Gasteiger partial charge in [-0.3, -0.25) is 9.80 Å². The van der Waals surface area contributed by atoms with Gasteiger partial charge in [-0.15, -0.1) is 0 Å². The molecule has 2 aliphatic carbocycles. The van der Waals surface area contributed by atoms with E-state index >= 15 is 0 Å². The van der Waals surface area contributed by atoms with Crippen molar-refractivity contribution in [1.82, 2.24) is 10.3 Å². The third-order valence-electron chi connectivity index (χ3n) is 8.32. The Kier molecular flexibility index (Phi) is 15.0. The van der Waals surface area contributed by atoms with Crippen LogP contribution in [0, 0.1) is 0 Å². The number of amides is 1. The van der Waals surface area contributed by atoms with Gasteiger partial charge in [0.05, 0.1) is 37.1 Å². The monoisotopic (exact) mass is 677 g/mol. The molecule has 1 aromatic rings. The largest absolute Gasteiger partial charge is 0.497 e. The molecule has 6 nitrogen and oxygen atoms in total. The smallest absolute Gasteiger partial charge is 0.416 e. The van der Waals surface area contributed by atoms with Gasteiger partial charge in [0.15, 0.2) is 0 Å². The molecule has 0 spiro atoms. The van der Waals surface area contributed by atoms with Gasteiger partial charge in [0.2, 0.25) is 0 Å². The first-order valence-electron chi connectivity index (χ1n) is 16.8. The molecular weight excluding hydrogens is 627 g/mol. The Morgan fingerprint density at radius 3 is 2.45 bits per heavy atom. The Labute approximate surface area is 289 Å². The molecule has 2 aliphatic rings. The lowest BCUT2D eigenvalue weighted by Gasteiger charge is -2.29. The molecule has 1 aromatic carbocycles. The highest BCUT2D eigenvalue weighted by Crippen LogP contribution is 2.31. The zero-order chi connectivity index (χ0) is 36.0. The topological polar surface area (TPSA) is 63.2 Å². The summed E-state index contributed by atoms with van der Waals surface area (Å²) in [5, 5.41) is 9.69. The number of halogens is 3. The second-order valence-electron chi connectivity index (χ2n) is 12.1. The lowest BCUT2D eigenvalue weighted by molar-refractivity contribution is -0.0882. The minimum Gasteiger partial charge on any atom is -0.497 e. The molecule has 0 radical (unpaired) electrons. The van der Waals surface area contributed by atoms with Crippen molar-refractivity contribution < 1.29 is 27.4 Å². The molecule has 9 heteroatoms. The minimum absolute atomic E-state index is 0.0437. The number of carbonyl (C=O) groups excluding carboxylic acids is 1. The van der Waals surface area contributed by atoms with Gasteiger partial charge in [-0.1, -0.05) is 55.2 Å². The number of hydrazone groups is 1. The maximum Gasteiger partial charge on any atom is 0.416 e. The van der Waals surface area contributed by atoms with Crippen molar-refractivity contribution in [2.24, 2.45) is 5.10 Å². The molecule has 1 atom stereocenters. The number of nitrogens with zero attached hydrogens (tertiary/aromatic N) is 2. The van der Waals surface area contributed by atoms with Gasteiger partial charge >= 0.3 is 6.18 Å². The van der Waals surface area contributed by atoms with Gasteiger partial charge in [-0.2, -0.15) is 18.3 Å². The first-order chi connectivity index (χ1) is 23.4. The van der Waals surface area contributed by atoms with Gasteiger partial charge in [-0.25, -0.2) is 0 Å². The number of rotatable bonds is 13. The van der Waals surface area contributed by atoms with Crippen LogP contribution in [0.5, 0.6) is 0 Å². The minimum atomic E-state index is -4.57. The third kappa shape index (κ3) is 12.1. The molecule has 1 N–H and O–H groups in total. The molecule has 49 heavy (non-hydrogen) atoms. The fraction of sp³-hybridized carbons (Fsp3) is 0.400. The summed E-state index contributed by atoms with van der Waals surface area (Å²) in [4.78, 5) is 12.4. The number of alkyl halides is 3. The number of methoxy groups -OCH3 is 1. The number of nitrogens with one attached hydrogen (secondary N) is 1. The Balaban J connectivity index is 2.14. The van der Waals surface area contributed by atoms with Gasteiger partial charge in [0.25, 0.3) is 5.91 Å². The standard InChI is InChI=1S/C40H50F3N3O3/c1-8-14-35(40(41,42)43)26-38(31(6)49-36-16-12-13-17-36)29(4)45-46(30(5)33-21-23-34(24-22-33)39(47)44-9-2)27-32-15-10-11-18-37(48-7)25-28(3)19-20-32/h8,11,14-15,18-26,30,36H,3,9-10,12-13,16-17,27H2,1-2,4-7H3,(H,44,47)/b14-8-,18-11-,20-19-,32-15+,35-26+,37-25+,38-31-,45-29+. The first kappa shape index (κ1) is 38.9. The summed E-state index contributed by atoms with van der Waals surface area (Å²) in [6.45, 7) is 13.8. The summed E-state index contributed by atoms with van der Waals surface area (Å²) in [6, 6.07) is 6.98. The quantitative estimate of drug-likeness (QED) is 0.0977. The van der Waals surface area contributed by atoms with Gasteiger partial charge in [0.1, 0.15) is 11.5 Å². The van der Waals surface area contributed by atoms with E-state index in [0.29, 0.717) is 42.3 Å². The molecule has 1 unspecified atom stereocenters.